The van der Waals surface area contributed by atoms with E-state index in [1.54, 1.807) is 6.07 Å². The van der Waals surface area contributed by atoms with Crippen molar-refractivity contribution in [2.24, 2.45) is 0 Å². The molecule has 0 bridgehead atoms. The Morgan fingerprint density at radius 2 is 1.80 bits per heavy atom. The van der Waals surface area contributed by atoms with Gasteiger partial charge in [-0.25, -0.2) is 18.0 Å². The molecule has 0 saturated heterocycles. The summed E-state index contributed by atoms with van der Waals surface area (Å²) >= 11 is 1.11. The third kappa shape index (κ3) is 3.97. The standard InChI is InChI=1S/C17H10F3NO3S/c18-10-1-4-14-9(5-10)6-15(25-14)17(23)24-8-16(22)21-11-2-3-12(19)13(20)7-11/h1-7H,8H2,(H,21,22). The number of esters is 1. The number of benzene rings is 2. The molecule has 0 atom stereocenters. The lowest BCUT2D eigenvalue weighted by molar-refractivity contribution is -0.119. The lowest BCUT2D eigenvalue weighted by Gasteiger charge is -2.06. The fraction of sp³-hybridized carbons (Fsp3) is 0.0588. The van der Waals surface area contributed by atoms with Crippen LogP contribution in [0.15, 0.2) is 42.5 Å². The van der Waals surface area contributed by atoms with Crippen LogP contribution < -0.4 is 5.32 Å². The molecule has 4 nitrogen and oxygen atoms in total. The third-order valence-electron chi connectivity index (χ3n) is 3.22. The van der Waals surface area contributed by atoms with E-state index in [1.165, 1.54) is 24.3 Å². The first-order chi connectivity index (χ1) is 11.9. The molecule has 0 radical (unpaired) electrons. The number of amides is 1. The zero-order chi connectivity index (χ0) is 18.0. The first-order valence-electron chi connectivity index (χ1n) is 7.03. The second-order valence-corrected chi connectivity index (χ2v) is 6.13. The summed E-state index contributed by atoms with van der Waals surface area (Å²) in [4.78, 5) is 23.9. The lowest BCUT2D eigenvalue weighted by Crippen LogP contribution is -2.20. The lowest BCUT2D eigenvalue weighted by atomic mass is 10.2. The quantitative estimate of drug-likeness (QED) is 0.708. The summed E-state index contributed by atoms with van der Waals surface area (Å²) in [6, 6.07) is 8.45. The predicted octanol–water partition coefficient (Wildman–Crippen LogP) is 4.11. The molecule has 0 fully saturated rings. The van der Waals surface area contributed by atoms with E-state index in [4.69, 9.17) is 4.74 Å². The van der Waals surface area contributed by atoms with Crippen LogP contribution >= 0.6 is 11.3 Å². The number of anilines is 1. The topological polar surface area (TPSA) is 55.4 Å². The number of halogens is 3. The summed E-state index contributed by atoms with van der Waals surface area (Å²) in [7, 11) is 0. The van der Waals surface area contributed by atoms with Gasteiger partial charge < -0.3 is 10.1 Å². The summed E-state index contributed by atoms with van der Waals surface area (Å²) in [6.07, 6.45) is 0. The molecule has 0 aliphatic rings. The maximum absolute atomic E-state index is 13.1. The fourth-order valence-corrected chi connectivity index (χ4v) is 3.02. The van der Waals surface area contributed by atoms with Crippen LogP contribution in [0.25, 0.3) is 10.1 Å². The Kier molecular flexibility index (Phi) is 4.71. The van der Waals surface area contributed by atoms with Crippen LogP contribution in [0.1, 0.15) is 9.67 Å². The zero-order valence-corrected chi connectivity index (χ0v) is 13.3. The predicted molar refractivity (Wildman–Crippen MR) is 87.1 cm³/mol. The van der Waals surface area contributed by atoms with Crippen molar-refractivity contribution in [2.45, 2.75) is 0 Å². The highest BCUT2D eigenvalue weighted by atomic mass is 32.1. The van der Waals surface area contributed by atoms with Crippen LogP contribution in [0.2, 0.25) is 0 Å². The highest BCUT2D eigenvalue weighted by molar-refractivity contribution is 7.20. The van der Waals surface area contributed by atoms with Crippen molar-refractivity contribution >= 4 is 39.0 Å². The van der Waals surface area contributed by atoms with Gasteiger partial charge in [-0.05, 0) is 41.8 Å². The molecule has 0 saturated carbocycles. The SMILES string of the molecule is O=C(COC(=O)c1cc2cc(F)ccc2s1)Nc1ccc(F)c(F)c1. The average Bonchev–Trinajstić information content (AvgIpc) is 2.99. The first kappa shape index (κ1) is 17.0. The van der Waals surface area contributed by atoms with Gasteiger partial charge in [0.1, 0.15) is 10.7 Å². The molecule has 2 aromatic carbocycles. The van der Waals surface area contributed by atoms with Crippen LogP contribution in [0.3, 0.4) is 0 Å². The van der Waals surface area contributed by atoms with Crippen molar-refractivity contribution < 1.29 is 27.5 Å². The van der Waals surface area contributed by atoms with E-state index in [1.807, 2.05) is 0 Å². The van der Waals surface area contributed by atoms with E-state index in [0.717, 1.165) is 23.5 Å². The maximum Gasteiger partial charge on any atom is 0.348 e. The summed E-state index contributed by atoms with van der Waals surface area (Å²) in [5.41, 5.74) is 0.0392. The summed E-state index contributed by atoms with van der Waals surface area (Å²) < 4.78 is 44.6. The Morgan fingerprint density at radius 1 is 1.00 bits per heavy atom. The molecule has 1 amide bonds. The van der Waals surface area contributed by atoms with E-state index in [2.05, 4.69) is 5.32 Å². The van der Waals surface area contributed by atoms with E-state index >= 15 is 0 Å². The van der Waals surface area contributed by atoms with Gasteiger partial charge in [0.05, 0.1) is 0 Å². The van der Waals surface area contributed by atoms with Crippen LogP contribution in [-0.4, -0.2) is 18.5 Å². The second-order valence-electron chi connectivity index (χ2n) is 5.05. The molecule has 0 spiro atoms. The molecule has 128 valence electrons. The molecule has 3 rings (SSSR count). The number of ether oxygens (including phenoxy) is 1. The van der Waals surface area contributed by atoms with Crippen molar-refractivity contribution in [3.05, 3.63) is 64.8 Å². The molecular formula is C17H10F3NO3S. The Labute approximate surface area is 143 Å². The molecule has 1 heterocycles. The van der Waals surface area contributed by atoms with Gasteiger partial charge in [0.2, 0.25) is 0 Å². The molecule has 0 unspecified atom stereocenters. The number of hydrogen-bond acceptors (Lipinski definition) is 4. The van der Waals surface area contributed by atoms with Gasteiger partial charge in [-0.1, -0.05) is 0 Å². The van der Waals surface area contributed by atoms with Crippen LogP contribution in [0.5, 0.6) is 0 Å². The third-order valence-corrected chi connectivity index (χ3v) is 4.31. The Bertz CT molecular complexity index is 971. The smallest absolute Gasteiger partial charge is 0.348 e. The van der Waals surface area contributed by atoms with Crippen molar-refractivity contribution in [1.29, 1.82) is 0 Å². The Hall–Kier alpha value is -2.87. The Balaban J connectivity index is 1.60. The molecular weight excluding hydrogens is 355 g/mol. The maximum atomic E-state index is 13.1. The second kappa shape index (κ2) is 6.94. The number of rotatable bonds is 4. The van der Waals surface area contributed by atoms with E-state index in [0.29, 0.717) is 10.1 Å². The van der Waals surface area contributed by atoms with Crippen LogP contribution in [-0.2, 0) is 9.53 Å². The van der Waals surface area contributed by atoms with E-state index in [9.17, 15) is 22.8 Å². The Morgan fingerprint density at radius 3 is 2.56 bits per heavy atom. The highest BCUT2D eigenvalue weighted by Crippen LogP contribution is 2.26. The van der Waals surface area contributed by atoms with Gasteiger partial charge in [-0.2, -0.15) is 0 Å². The number of carbonyl (C=O) groups is 2. The number of fused-ring (bicyclic) bond motifs is 1. The van der Waals surface area contributed by atoms with E-state index < -0.39 is 35.9 Å². The van der Waals surface area contributed by atoms with Gasteiger partial charge >= 0.3 is 5.97 Å². The average molecular weight is 365 g/mol. The highest BCUT2D eigenvalue weighted by Gasteiger charge is 2.14. The van der Waals surface area contributed by atoms with Crippen LogP contribution in [0, 0.1) is 17.5 Å². The van der Waals surface area contributed by atoms with E-state index in [-0.39, 0.29) is 10.6 Å². The number of carbonyl (C=O) groups excluding carboxylic acids is 2. The van der Waals surface area contributed by atoms with Gasteiger partial charge in [-0.3, -0.25) is 4.79 Å². The number of hydrogen-bond donors (Lipinski definition) is 1. The molecule has 1 N–H and O–H groups in total. The fourth-order valence-electron chi connectivity index (χ4n) is 2.09. The molecule has 0 aliphatic heterocycles. The molecule has 0 aliphatic carbocycles. The minimum absolute atomic E-state index is 0.0392. The van der Waals surface area contributed by atoms with Gasteiger partial charge in [0.15, 0.2) is 18.2 Å². The van der Waals surface area contributed by atoms with Gasteiger partial charge in [0, 0.05) is 16.5 Å². The van der Waals surface area contributed by atoms with Crippen molar-refractivity contribution in [1.82, 2.24) is 0 Å². The summed E-state index contributed by atoms with van der Waals surface area (Å²) in [6.45, 7) is -0.597. The minimum Gasteiger partial charge on any atom is -0.451 e. The van der Waals surface area contributed by atoms with Crippen molar-refractivity contribution in [3.8, 4) is 0 Å². The van der Waals surface area contributed by atoms with Gasteiger partial charge in [-0.15, -0.1) is 11.3 Å². The normalized spacial score (nSPS) is 10.7. The molecule has 3 aromatic rings. The molecule has 1 aromatic heterocycles. The molecule has 25 heavy (non-hydrogen) atoms. The summed E-state index contributed by atoms with van der Waals surface area (Å²) in [5.74, 6) is -4.00. The number of nitrogens with one attached hydrogen (secondary N) is 1. The van der Waals surface area contributed by atoms with Crippen molar-refractivity contribution in [2.75, 3.05) is 11.9 Å². The first-order valence-corrected chi connectivity index (χ1v) is 7.85. The van der Waals surface area contributed by atoms with Crippen LogP contribution in [0.4, 0.5) is 18.9 Å². The largest absolute Gasteiger partial charge is 0.451 e. The van der Waals surface area contributed by atoms with Gasteiger partial charge in [0.25, 0.3) is 5.91 Å². The monoisotopic (exact) mass is 365 g/mol. The van der Waals surface area contributed by atoms with Crippen molar-refractivity contribution in [3.63, 3.8) is 0 Å². The molecule has 8 heteroatoms. The minimum atomic E-state index is -1.10. The zero-order valence-electron chi connectivity index (χ0n) is 12.5. The summed E-state index contributed by atoms with van der Waals surface area (Å²) in [5, 5.41) is 2.84. The number of thiophene rings is 1.